The molecule has 4 heteroatoms. The first-order valence-corrected chi connectivity index (χ1v) is 3.84. The summed E-state index contributed by atoms with van der Waals surface area (Å²) in [5.74, 6) is -1.54. The summed E-state index contributed by atoms with van der Waals surface area (Å²) in [5, 5.41) is 0. The molecule has 1 aromatic carbocycles. The van der Waals surface area contributed by atoms with Gasteiger partial charge in [-0.15, -0.1) is 0 Å². The van der Waals surface area contributed by atoms with E-state index in [1.807, 2.05) is 0 Å². The number of alkyl halides is 1. The molecule has 1 aromatic rings. The second-order valence-corrected chi connectivity index (χ2v) is 2.60. The quantitative estimate of drug-likeness (QED) is 0.684. The van der Waals surface area contributed by atoms with Gasteiger partial charge in [-0.05, 0) is 0 Å². The average molecular weight is 200 g/mol. The molecule has 1 nitrogen and oxygen atoms in total. The van der Waals surface area contributed by atoms with E-state index in [1.54, 1.807) is 0 Å². The summed E-state index contributed by atoms with van der Waals surface area (Å²) >= 11 is 0. The summed E-state index contributed by atoms with van der Waals surface area (Å²) in [6.07, 6.45) is -2.28. The van der Waals surface area contributed by atoms with Crippen LogP contribution in [0.2, 0.25) is 0 Å². The Morgan fingerprint density at radius 1 is 1.36 bits per heavy atom. The highest BCUT2D eigenvalue weighted by atomic mass is 19.2. The highest BCUT2D eigenvalue weighted by Crippen LogP contribution is 2.28. The summed E-state index contributed by atoms with van der Waals surface area (Å²) in [5.41, 5.74) is -0.161. The predicted octanol–water partition coefficient (Wildman–Crippen LogP) is 3.29. The Bertz CT molecular complexity index is 360. The van der Waals surface area contributed by atoms with E-state index in [0.717, 1.165) is 0 Å². The van der Waals surface area contributed by atoms with Gasteiger partial charge < -0.3 is 0 Å². The Balaban J connectivity index is 3.11. The molecular weight excluding hydrogens is 193 g/mol. The molecule has 0 aliphatic carbocycles. The number of halogens is 3. The first kappa shape index (κ1) is 10.5. The second kappa shape index (κ2) is 4.60. The maximum absolute atomic E-state index is 13.1. The molecule has 1 atom stereocenters. The lowest BCUT2D eigenvalue weighted by Crippen LogP contribution is -1.97. The monoisotopic (exact) mass is 200 g/mol. The molecule has 0 bridgehead atoms. The minimum atomic E-state index is -2.22. The van der Waals surface area contributed by atoms with Gasteiger partial charge in [0, 0.05) is 11.1 Å². The number of hydrogen-bond acceptors (Lipinski definition) is 1. The fourth-order valence-corrected chi connectivity index (χ4v) is 1.05. The molecule has 0 fully saturated rings. The lowest BCUT2D eigenvalue weighted by Gasteiger charge is -2.07. The maximum atomic E-state index is 13.1. The Morgan fingerprint density at radius 3 is 2.57 bits per heavy atom. The molecule has 74 valence electrons. The summed E-state index contributed by atoms with van der Waals surface area (Å²) in [6.45, 7) is 0. The molecule has 0 N–H and O–H groups in total. The third-order valence-corrected chi connectivity index (χ3v) is 1.74. The van der Waals surface area contributed by atoms with Gasteiger partial charge in [-0.1, -0.05) is 24.3 Å². The third-order valence-electron chi connectivity index (χ3n) is 1.74. The summed E-state index contributed by atoms with van der Waals surface area (Å²) < 4.78 is 37.4. The molecule has 0 saturated carbocycles. The van der Waals surface area contributed by atoms with Crippen LogP contribution in [0, 0.1) is 0 Å². The lowest BCUT2D eigenvalue weighted by molar-refractivity contribution is 0.112. The fraction of sp³-hybridized carbons (Fsp3) is 0.100. The van der Waals surface area contributed by atoms with Crippen molar-refractivity contribution in [3.05, 3.63) is 47.5 Å². The van der Waals surface area contributed by atoms with E-state index in [1.165, 1.54) is 24.3 Å². The number of hydrogen-bond donors (Lipinski definition) is 0. The smallest absolute Gasteiger partial charge is 0.179 e. The number of carbonyl (C=O) groups excluding carboxylic acids is 1. The Hall–Kier alpha value is -1.58. The van der Waals surface area contributed by atoms with Gasteiger partial charge in [0.25, 0.3) is 0 Å². The van der Waals surface area contributed by atoms with Crippen molar-refractivity contribution in [3.63, 3.8) is 0 Å². The van der Waals surface area contributed by atoms with Crippen molar-refractivity contribution in [3.8, 4) is 0 Å². The third kappa shape index (κ3) is 2.02. The zero-order chi connectivity index (χ0) is 10.6. The van der Waals surface area contributed by atoms with Crippen molar-refractivity contribution in [2.45, 2.75) is 6.17 Å². The Morgan fingerprint density at radius 2 is 2.00 bits per heavy atom. The van der Waals surface area contributed by atoms with Crippen molar-refractivity contribution in [2.75, 3.05) is 0 Å². The Kier molecular flexibility index (Phi) is 3.45. The molecule has 0 heterocycles. The summed E-state index contributed by atoms with van der Waals surface area (Å²) in [7, 11) is 0. The summed E-state index contributed by atoms with van der Waals surface area (Å²) in [4.78, 5) is 10.4. The SMILES string of the molecule is O=Cc1ccccc1C(F)C(F)=CF. The number of benzene rings is 1. The standard InChI is InChI=1S/C10H7F3O/c11-5-9(12)10(13)8-4-2-1-3-7(8)6-14/h1-6,10H. The van der Waals surface area contributed by atoms with Gasteiger partial charge in [0.2, 0.25) is 0 Å². The van der Waals surface area contributed by atoms with Crippen LogP contribution in [-0.2, 0) is 0 Å². The Labute approximate surface area is 78.9 Å². The van der Waals surface area contributed by atoms with Crippen LogP contribution < -0.4 is 0 Å². The van der Waals surface area contributed by atoms with E-state index in [2.05, 4.69) is 0 Å². The minimum Gasteiger partial charge on any atom is -0.298 e. The minimum absolute atomic E-state index is 0.0111. The van der Waals surface area contributed by atoms with Crippen LogP contribution in [0.5, 0.6) is 0 Å². The van der Waals surface area contributed by atoms with Crippen molar-refractivity contribution in [2.24, 2.45) is 0 Å². The highest BCUT2D eigenvalue weighted by Gasteiger charge is 2.18. The molecule has 0 saturated heterocycles. The van der Waals surface area contributed by atoms with Crippen molar-refractivity contribution in [1.29, 1.82) is 0 Å². The predicted molar refractivity (Wildman–Crippen MR) is 46.0 cm³/mol. The van der Waals surface area contributed by atoms with Gasteiger partial charge >= 0.3 is 0 Å². The average Bonchev–Trinajstić information content (AvgIpc) is 2.26. The van der Waals surface area contributed by atoms with Crippen LogP contribution in [0.4, 0.5) is 13.2 Å². The molecule has 0 radical (unpaired) electrons. The van der Waals surface area contributed by atoms with E-state index in [-0.39, 0.29) is 11.1 Å². The molecule has 0 aliphatic rings. The number of carbonyl (C=O) groups is 1. The van der Waals surface area contributed by atoms with Crippen molar-refractivity contribution >= 4 is 6.29 Å². The van der Waals surface area contributed by atoms with Gasteiger partial charge in [0.15, 0.2) is 12.0 Å². The lowest BCUT2D eigenvalue weighted by atomic mass is 10.0. The van der Waals surface area contributed by atoms with Crippen molar-refractivity contribution < 1.29 is 18.0 Å². The van der Waals surface area contributed by atoms with Crippen LogP contribution in [0.1, 0.15) is 22.1 Å². The number of aldehydes is 1. The van der Waals surface area contributed by atoms with Gasteiger partial charge in [-0.3, -0.25) is 4.79 Å². The van der Waals surface area contributed by atoms with E-state index in [9.17, 15) is 18.0 Å². The van der Waals surface area contributed by atoms with Crippen LogP contribution in [0.15, 0.2) is 36.4 Å². The maximum Gasteiger partial charge on any atom is 0.179 e. The summed E-state index contributed by atoms with van der Waals surface area (Å²) in [6, 6.07) is 5.52. The first-order chi connectivity index (χ1) is 6.70. The molecule has 1 rings (SSSR count). The number of rotatable bonds is 3. The van der Waals surface area contributed by atoms with Crippen LogP contribution >= 0.6 is 0 Å². The second-order valence-electron chi connectivity index (χ2n) is 2.60. The number of allylic oxidation sites excluding steroid dienone is 1. The first-order valence-electron chi connectivity index (χ1n) is 3.84. The highest BCUT2D eigenvalue weighted by molar-refractivity contribution is 5.77. The molecular formula is C10H7F3O. The van der Waals surface area contributed by atoms with Gasteiger partial charge in [0.1, 0.15) is 12.6 Å². The van der Waals surface area contributed by atoms with Crippen molar-refractivity contribution in [1.82, 2.24) is 0 Å². The van der Waals surface area contributed by atoms with Crippen LogP contribution in [0.3, 0.4) is 0 Å². The van der Waals surface area contributed by atoms with Crippen LogP contribution in [0.25, 0.3) is 0 Å². The molecule has 0 aliphatic heterocycles. The van der Waals surface area contributed by atoms with Gasteiger partial charge in [0.05, 0.1) is 0 Å². The fourth-order valence-electron chi connectivity index (χ4n) is 1.05. The van der Waals surface area contributed by atoms with E-state index in [4.69, 9.17) is 0 Å². The van der Waals surface area contributed by atoms with E-state index < -0.39 is 18.3 Å². The van der Waals surface area contributed by atoms with Gasteiger partial charge in [-0.2, -0.15) is 0 Å². The zero-order valence-electron chi connectivity index (χ0n) is 7.08. The topological polar surface area (TPSA) is 17.1 Å². The van der Waals surface area contributed by atoms with E-state index in [0.29, 0.717) is 6.29 Å². The molecule has 1 unspecified atom stereocenters. The molecule has 0 aromatic heterocycles. The van der Waals surface area contributed by atoms with Gasteiger partial charge in [-0.25, -0.2) is 13.2 Å². The molecule has 0 spiro atoms. The van der Waals surface area contributed by atoms with E-state index >= 15 is 0 Å². The molecule has 0 amide bonds. The van der Waals surface area contributed by atoms with Crippen LogP contribution in [-0.4, -0.2) is 6.29 Å². The zero-order valence-corrected chi connectivity index (χ0v) is 7.08. The molecule has 14 heavy (non-hydrogen) atoms. The normalized spacial score (nSPS) is 13.8. The largest absolute Gasteiger partial charge is 0.298 e.